The molecule has 7 heteroatoms. The number of carbonyl (C=O) groups is 1. The molecule has 0 spiro atoms. The van der Waals surface area contributed by atoms with Crippen molar-refractivity contribution in [2.24, 2.45) is 0 Å². The van der Waals surface area contributed by atoms with Gasteiger partial charge in [-0.3, -0.25) is 4.79 Å². The van der Waals surface area contributed by atoms with E-state index in [-0.39, 0.29) is 18.1 Å². The van der Waals surface area contributed by atoms with E-state index in [2.05, 4.69) is 20.7 Å². The number of nitrogens with one attached hydrogen (secondary N) is 2. The van der Waals surface area contributed by atoms with Crippen LogP contribution >= 0.6 is 0 Å². The van der Waals surface area contributed by atoms with E-state index in [0.717, 1.165) is 17.5 Å². The van der Waals surface area contributed by atoms with Gasteiger partial charge in [0.2, 0.25) is 0 Å². The number of benzene rings is 2. The lowest BCUT2D eigenvalue weighted by molar-refractivity contribution is -0.0736. The molecule has 2 aromatic carbocycles. The zero-order chi connectivity index (χ0) is 17.8. The third-order valence-corrected chi connectivity index (χ3v) is 4.51. The van der Waals surface area contributed by atoms with Crippen molar-refractivity contribution in [1.29, 1.82) is 0 Å². The molecule has 0 radical (unpaired) electrons. The van der Waals surface area contributed by atoms with Crippen molar-refractivity contribution >= 4 is 16.9 Å². The van der Waals surface area contributed by atoms with E-state index in [1.807, 2.05) is 30.3 Å². The molecule has 2 heterocycles. The average Bonchev–Trinajstić information content (AvgIpc) is 3.16. The fourth-order valence-electron chi connectivity index (χ4n) is 3.05. The van der Waals surface area contributed by atoms with Crippen LogP contribution in [0.2, 0.25) is 0 Å². The van der Waals surface area contributed by atoms with Gasteiger partial charge >= 0.3 is 0 Å². The second-order valence-electron chi connectivity index (χ2n) is 6.31. The number of hydrogen-bond acceptors (Lipinski definition) is 5. The summed E-state index contributed by atoms with van der Waals surface area (Å²) in [7, 11) is 0. The van der Waals surface area contributed by atoms with Crippen LogP contribution < -0.4 is 5.32 Å². The first-order chi connectivity index (χ1) is 12.8. The van der Waals surface area contributed by atoms with Gasteiger partial charge in [-0.2, -0.15) is 15.4 Å². The summed E-state index contributed by atoms with van der Waals surface area (Å²) in [5, 5.41) is 13.7. The van der Waals surface area contributed by atoms with Crippen molar-refractivity contribution in [3.63, 3.8) is 0 Å². The minimum Gasteiger partial charge on any atom is -0.379 e. The monoisotopic (exact) mass is 352 g/mol. The van der Waals surface area contributed by atoms with E-state index in [9.17, 15) is 4.79 Å². The maximum Gasteiger partial charge on any atom is 0.251 e. The molecule has 2 atom stereocenters. The number of aromatic nitrogens is 3. The van der Waals surface area contributed by atoms with Crippen molar-refractivity contribution in [3.8, 4) is 0 Å². The zero-order valence-electron chi connectivity index (χ0n) is 14.2. The summed E-state index contributed by atoms with van der Waals surface area (Å²) < 4.78 is 11.5. The lowest BCUT2D eigenvalue weighted by atomic mass is 10.0. The van der Waals surface area contributed by atoms with Crippen LogP contribution in [0.3, 0.4) is 0 Å². The Morgan fingerprint density at radius 2 is 2.04 bits per heavy atom. The fraction of sp³-hybridized carbons (Fsp3) is 0.316. The molecule has 1 aliphatic rings. The van der Waals surface area contributed by atoms with Gasteiger partial charge in [0.25, 0.3) is 5.91 Å². The topological polar surface area (TPSA) is 89.1 Å². The highest BCUT2D eigenvalue weighted by molar-refractivity contribution is 5.97. The summed E-state index contributed by atoms with van der Waals surface area (Å²) >= 11 is 0. The molecule has 2 N–H and O–H groups in total. The highest BCUT2D eigenvalue weighted by Gasteiger charge is 2.28. The first kappa shape index (κ1) is 16.7. The van der Waals surface area contributed by atoms with Gasteiger partial charge in [0.1, 0.15) is 17.1 Å². The van der Waals surface area contributed by atoms with Crippen LogP contribution in [-0.2, 0) is 16.1 Å². The van der Waals surface area contributed by atoms with Crippen molar-refractivity contribution < 1.29 is 14.3 Å². The molecule has 0 aliphatic carbocycles. The summed E-state index contributed by atoms with van der Waals surface area (Å²) in [6.07, 6.45) is 0.543. The quantitative estimate of drug-likeness (QED) is 0.734. The van der Waals surface area contributed by atoms with E-state index in [0.29, 0.717) is 30.9 Å². The van der Waals surface area contributed by atoms with Crippen LogP contribution in [0.5, 0.6) is 0 Å². The predicted molar refractivity (Wildman–Crippen MR) is 95.6 cm³/mol. The van der Waals surface area contributed by atoms with Crippen LogP contribution in [0, 0.1) is 0 Å². The first-order valence-electron chi connectivity index (χ1n) is 8.64. The molecule has 3 aromatic rings. The third-order valence-electron chi connectivity index (χ3n) is 4.51. The predicted octanol–water partition coefficient (Wildman–Crippen LogP) is 2.06. The highest BCUT2D eigenvalue weighted by atomic mass is 16.5. The van der Waals surface area contributed by atoms with E-state index in [1.54, 1.807) is 18.2 Å². The minimum atomic E-state index is -0.177. The molecule has 1 aromatic heterocycles. The maximum atomic E-state index is 12.6. The summed E-state index contributed by atoms with van der Waals surface area (Å²) in [6.45, 7) is 1.57. The zero-order valence-corrected chi connectivity index (χ0v) is 14.2. The van der Waals surface area contributed by atoms with Crippen LogP contribution in [-0.4, -0.2) is 46.7 Å². The first-order valence-corrected chi connectivity index (χ1v) is 8.64. The number of aromatic amines is 1. The largest absolute Gasteiger partial charge is 0.379 e. The molecule has 134 valence electrons. The molecule has 1 fully saturated rings. The van der Waals surface area contributed by atoms with E-state index < -0.39 is 0 Å². The van der Waals surface area contributed by atoms with Gasteiger partial charge < -0.3 is 14.8 Å². The van der Waals surface area contributed by atoms with Crippen molar-refractivity contribution in [2.45, 2.75) is 25.2 Å². The van der Waals surface area contributed by atoms with E-state index in [1.165, 1.54) is 0 Å². The summed E-state index contributed by atoms with van der Waals surface area (Å²) in [5.41, 5.74) is 3.05. The van der Waals surface area contributed by atoms with E-state index >= 15 is 0 Å². The molecular formula is C19H20N4O3. The van der Waals surface area contributed by atoms with Crippen LogP contribution in [0.4, 0.5) is 0 Å². The Kier molecular flexibility index (Phi) is 4.90. The van der Waals surface area contributed by atoms with Gasteiger partial charge in [-0.1, -0.05) is 30.3 Å². The van der Waals surface area contributed by atoms with Gasteiger partial charge in [-0.15, -0.1) is 0 Å². The summed E-state index contributed by atoms with van der Waals surface area (Å²) in [4.78, 5) is 12.6. The molecule has 1 amide bonds. The number of amides is 1. The minimum absolute atomic E-state index is 0.0898. The summed E-state index contributed by atoms with van der Waals surface area (Å²) in [5.74, 6) is -0.143. The van der Waals surface area contributed by atoms with Gasteiger partial charge in [0.15, 0.2) is 0 Å². The average molecular weight is 352 g/mol. The maximum absolute atomic E-state index is 12.6. The molecule has 0 bridgehead atoms. The lowest BCUT2D eigenvalue weighted by Gasteiger charge is -2.32. The highest BCUT2D eigenvalue weighted by Crippen LogP contribution is 2.16. The van der Waals surface area contributed by atoms with Gasteiger partial charge in [-0.25, -0.2) is 0 Å². The second-order valence-corrected chi connectivity index (χ2v) is 6.31. The van der Waals surface area contributed by atoms with E-state index in [4.69, 9.17) is 9.47 Å². The Bertz CT molecular complexity index is 881. The van der Waals surface area contributed by atoms with Crippen LogP contribution in [0.1, 0.15) is 22.3 Å². The van der Waals surface area contributed by atoms with Gasteiger partial charge in [-0.05, 0) is 30.2 Å². The van der Waals surface area contributed by atoms with Crippen molar-refractivity contribution in [2.75, 3.05) is 13.2 Å². The molecule has 26 heavy (non-hydrogen) atoms. The standard InChI is InChI=1S/C19H20N4O3/c24-19(14-6-7-15-17(10-14)22-23-21-15)20-16-8-9-25-12-18(16)26-11-13-4-2-1-3-5-13/h1-7,10,16,18H,8-9,11-12H2,(H,20,24)(H,21,22,23)/t16-,18-/m1/s1. The molecular weight excluding hydrogens is 332 g/mol. The normalized spacial score (nSPS) is 20.2. The number of H-pyrrole nitrogens is 1. The molecule has 0 unspecified atom stereocenters. The Labute approximate surface area is 150 Å². The SMILES string of the molecule is O=C(N[C@@H]1CCOC[C@H]1OCc1ccccc1)c1ccc2n[nH]nc2c1. The molecule has 0 saturated carbocycles. The van der Waals surface area contributed by atoms with Gasteiger partial charge in [0.05, 0.1) is 19.3 Å². The number of rotatable bonds is 5. The second kappa shape index (κ2) is 7.63. The van der Waals surface area contributed by atoms with Gasteiger partial charge in [0, 0.05) is 12.2 Å². The number of hydrogen-bond donors (Lipinski definition) is 2. The number of ether oxygens (including phenoxy) is 2. The summed E-state index contributed by atoms with van der Waals surface area (Å²) in [6, 6.07) is 15.1. The molecule has 4 rings (SSSR count). The number of fused-ring (bicyclic) bond motifs is 1. The molecule has 7 nitrogen and oxygen atoms in total. The fourth-order valence-corrected chi connectivity index (χ4v) is 3.05. The van der Waals surface area contributed by atoms with Crippen molar-refractivity contribution in [1.82, 2.24) is 20.7 Å². The Hall–Kier alpha value is -2.77. The Morgan fingerprint density at radius 3 is 2.92 bits per heavy atom. The smallest absolute Gasteiger partial charge is 0.251 e. The van der Waals surface area contributed by atoms with Crippen LogP contribution in [0.25, 0.3) is 11.0 Å². The Balaban J connectivity index is 1.41. The number of carbonyl (C=O) groups excluding carboxylic acids is 1. The molecule has 1 saturated heterocycles. The van der Waals surface area contributed by atoms with Crippen LogP contribution in [0.15, 0.2) is 48.5 Å². The van der Waals surface area contributed by atoms with Crippen molar-refractivity contribution in [3.05, 3.63) is 59.7 Å². The molecule has 1 aliphatic heterocycles. The third kappa shape index (κ3) is 3.74. The Morgan fingerprint density at radius 1 is 1.19 bits per heavy atom. The number of nitrogens with zero attached hydrogens (tertiary/aromatic N) is 2. The lowest BCUT2D eigenvalue weighted by Crippen LogP contribution is -2.49.